The molecule has 0 aliphatic carbocycles. The number of ether oxygens (including phenoxy) is 1. The predicted octanol–water partition coefficient (Wildman–Crippen LogP) is 2.42. The van der Waals surface area contributed by atoms with Crippen LogP contribution in [0, 0.1) is 17.5 Å². The Bertz CT molecular complexity index is 726. The summed E-state index contributed by atoms with van der Waals surface area (Å²) in [6.07, 6.45) is 0. The van der Waals surface area contributed by atoms with Crippen LogP contribution in [0.25, 0.3) is 0 Å². The van der Waals surface area contributed by atoms with Gasteiger partial charge in [-0.3, -0.25) is 4.79 Å². The highest BCUT2D eigenvalue weighted by Gasteiger charge is 2.06. The third kappa shape index (κ3) is 5.08. The fourth-order valence-electron chi connectivity index (χ4n) is 1.79. The van der Waals surface area contributed by atoms with Crippen LogP contribution in [0.1, 0.15) is 0 Å². The molecule has 0 aromatic heterocycles. The lowest BCUT2D eigenvalue weighted by molar-refractivity contribution is -0.123. The summed E-state index contributed by atoms with van der Waals surface area (Å²) < 4.78 is 43.9. The van der Waals surface area contributed by atoms with Crippen molar-refractivity contribution in [1.82, 2.24) is 5.32 Å². The van der Waals surface area contributed by atoms with Crippen molar-refractivity contribution in [3.63, 3.8) is 0 Å². The van der Waals surface area contributed by atoms with Crippen molar-refractivity contribution >= 4 is 11.6 Å². The molecule has 1 amide bonds. The maximum absolute atomic E-state index is 13.1. The molecule has 0 aliphatic rings. The van der Waals surface area contributed by atoms with Gasteiger partial charge in [0.05, 0.1) is 0 Å². The first kappa shape index (κ1) is 17.5. The van der Waals surface area contributed by atoms with Crippen molar-refractivity contribution < 1.29 is 27.8 Å². The number of phenolic OH excluding ortho intramolecular Hbond substituents is 1. The Hall–Kier alpha value is -2.90. The van der Waals surface area contributed by atoms with Gasteiger partial charge in [-0.1, -0.05) is 0 Å². The van der Waals surface area contributed by atoms with Gasteiger partial charge in [0.15, 0.2) is 29.8 Å². The molecule has 0 spiro atoms. The fourth-order valence-corrected chi connectivity index (χ4v) is 1.79. The van der Waals surface area contributed by atoms with Crippen LogP contribution in [0.4, 0.5) is 18.9 Å². The molecule has 0 fully saturated rings. The summed E-state index contributed by atoms with van der Waals surface area (Å²) in [5.74, 6) is -3.56. The summed E-state index contributed by atoms with van der Waals surface area (Å²) in [6, 6.07) is 6.81. The normalized spacial score (nSPS) is 10.3. The zero-order valence-corrected chi connectivity index (χ0v) is 12.5. The Morgan fingerprint density at radius 1 is 1.00 bits per heavy atom. The average molecular weight is 340 g/mol. The Morgan fingerprint density at radius 3 is 2.50 bits per heavy atom. The second kappa shape index (κ2) is 8.09. The summed E-state index contributed by atoms with van der Waals surface area (Å²) in [6.45, 7) is 0.200. The van der Waals surface area contributed by atoms with Crippen molar-refractivity contribution in [1.29, 1.82) is 0 Å². The highest BCUT2D eigenvalue weighted by atomic mass is 19.2. The third-order valence-corrected chi connectivity index (χ3v) is 2.98. The van der Waals surface area contributed by atoms with E-state index in [1.807, 2.05) is 0 Å². The van der Waals surface area contributed by atoms with Gasteiger partial charge in [0.1, 0.15) is 5.75 Å². The lowest BCUT2D eigenvalue weighted by Gasteiger charge is -2.09. The molecule has 2 aromatic carbocycles. The first-order valence-corrected chi connectivity index (χ1v) is 7.02. The third-order valence-electron chi connectivity index (χ3n) is 2.98. The maximum Gasteiger partial charge on any atom is 0.258 e. The molecular formula is C16H15F3N2O3. The molecule has 128 valence electrons. The van der Waals surface area contributed by atoms with Crippen LogP contribution in [0.15, 0.2) is 36.4 Å². The van der Waals surface area contributed by atoms with Gasteiger partial charge in [-0.25, -0.2) is 13.2 Å². The first-order valence-electron chi connectivity index (χ1n) is 7.02. The number of amides is 1. The van der Waals surface area contributed by atoms with E-state index in [4.69, 9.17) is 9.84 Å². The van der Waals surface area contributed by atoms with Crippen molar-refractivity contribution in [3.8, 4) is 11.5 Å². The zero-order chi connectivity index (χ0) is 17.5. The number of hydrogen-bond acceptors (Lipinski definition) is 4. The van der Waals surface area contributed by atoms with E-state index in [0.717, 1.165) is 24.3 Å². The highest BCUT2D eigenvalue weighted by molar-refractivity contribution is 5.77. The van der Waals surface area contributed by atoms with Crippen LogP contribution in [0.2, 0.25) is 0 Å². The van der Waals surface area contributed by atoms with Gasteiger partial charge in [0, 0.05) is 24.8 Å². The lowest BCUT2D eigenvalue weighted by Crippen LogP contribution is -2.32. The molecule has 0 unspecified atom stereocenters. The van der Waals surface area contributed by atoms with Gasteiger partial charge < -0.3 is 20.5 Å². The molecule has 0 radical (unpaired) electrons. The van der Waals surface area contributed by atoms with Crippen molar-refractivity contribution in [2.75, 3.05) is 25.0 Å². The quantitative estimate of drug-likeness (QED) is 0.677. The van der Waals surface area contributed by atoms with Crippen LogP contribution < -0.4 is 15.4 Å². The van der Waals surface area contributed by atoms with Gasteiger partial charge in [0.25, 0.3) is 5.91 Å². The molecule has 0 saturated carbocycles. The molecule has 0 saturated heterocycles. The molecule has 0 aliphatic heterocycles. The number of nitrogens with one attached hydrogen (secondary N) is 2. The van der Waals surface area contributed by atoms with Crippen molar-refractivity contribution in [3.05, 3.63) is 53.8 Å². The van der Waals surface area contributed by atoms with E-state index < -0.39 is 29.1 Å². The van der Waals surface area contributed by atoms with Gasteiger partial charge in [-0.2, -0.15) is 0 Å². The molecule has 0 atom stereocenters. The van der Waals surface area contributed by atoms with Gasteiger partial charge in [0.2, 0.25) is 0 Å². The van der Waals surface area contributed by atoms with E-state index in [9.17, 15) is 18.0 Å². The summed E-state index contributed by atoms with van der Waals surface area (Å²) in [5.41, 5.74) is 0.388. The van der Waals surface area contributed by atoms with Gasteiger partial charge in [-0.15, -0.1) is 0 Å². The van der Waals surface area contributed by atoms with Crippen LogP contribution in [0.3, 0.4) is 0 Å². The number of hydrogen-bond donors (Lipinski definition) is 3. The molecule has 0 heterocycles. The van der Waals surface area contributed by atoms with Crippen molar-refractivity contribution in [2.24, 2.45) is 0 Å². The monoisotopic (exact) mass is 340 g/mol. The minimum absolute atomic E-state index is 0.111. The summed E-state index contributed by atoms with van der Waals surface area (Å²) >= 11 is 0. The van der Waals surface area contributed by atoms with E-state index in [-0.39, 0.29) is 18.9 Å². The molecule has 0 bridgehead atoms. The molecule has 24 heavy (non-hydrogen) atoms. The SMILES string of the molecule is O=C(COc1ccc(O)c(F)c1)NCCNc1ccc(F)c(F)c1. The number of benzene rings is 2. The minimum atomic E-state index is -0.960. The summed E-state index contributed by atoms with van der Waals surface area (Å²) in [7, 11) is 0. The smallest absolute Gasteiger partial charge is 0.258 e. The lowest BCUT2D eigenvalue weighted by atomic mass is 10.3. The average Bonchev–Trinajstić information content (AvgIpc) is 2.56. The van der Waals surface area contributed by atoms with Gasteiger partial charge in [-0.05, 0) is 30.3 Å². The zero-order valence-electron chi connectivity index (χ0n) is 12.5. The topological polar surface area (TPSA) is 70.6 Å². The summed E-state index contributed by atoms with van der Waals surface area (Å²) in [5, 5.41) is 14.4. The molecule has 3 N–H and O–H groups in total. The van der Waals surface area contributed by atoms with E-state index >= 15 is 0 Å². The first-order chi connectivity index (χ1) is 11.5. The number of rotatable bonds is 7. The highest BCUT2D eigenvalue weighted by Crippen LogP contribution is 2.20. The largest absolute Gasteiger partial charge is 0.505 e. The van der Waals surface area contributed by atoms with E-state index in [1.54, 1.807) is 0 Å². The van der Waals surface area contributed by atoms with Crippen LogP contribution in [0.5, 0.6) is 11.5 Å². The van der Waals surface area contributed by atoms with Crippen LogP contribution in [-0.2, 0) is 4.79 Å². The number of aromatic hydroxyl groups is 1. The van der Waals surface area contributed by atoms with Gasteiger partial charge >= 0.3 is 0 Å². The second-order valence-electron chi connectivity index (χ2n) is 4.81. The Kier molecular flexibility index (Phi) is 5.89. The standard InChI is InChI=1S/C16H15F3N2O3/c17-12-3-1-10(7-13(12)18)20-5-6-21-16(23)9-24-11-2-4-15(22)14(19)8-11/h1-4,7-8,20,22H,5-6,9H2,(H,21,23). The summed E-state index contributed by atoms with van der Waals surface area (Å²) in [4.78, 5) is 11.6. The van der Waals surface area contributed by atoms with E-state index in [1.165, 1.54) is 12.1 Å². The predicted molar refractivity (Wildman–Crippen MR) is 81.4 cm³/mol. The number of anilines is 1. The molecule has 2 aromatic rings. The van der Waals surface area contributed by atoms with Crippen LogP contribution in [-0.4, -0.2) is 30.7 Å². The Labute approximate surface area is 136 Å². The Morgan fingerprint density at radius 2 is 1.79 bits per heavy atom. The van der Waals surface area contributed by atoms with E-state index in [0.29, 0.717) is 12.2 Å². The van der Waals surface area contributed by atoms with Crippen molar-refractivity contribution in [2.45, 2.75) is 0 Å². The minimum Gasteiger partial charge on any atom is -0.505 e. The fraction of sp³-hybridized carbons (Fsp3) is 0.188. The maximum atomic E-state index is 13.1. The van der Waals surface area contributed by atoms with E-state index in [2.05, 4.69) is 10.6 Å². The number of phenols is 1. The molecular weight excluding hydrogens is 325 g/mol. The van der Waals surface area contributed by atoms with Crippen LogP contribution >= 0.6 is 0 Å². The number of carbonyl (C=O) groups excluding carboxylic acids is 1. The molecule has 5 nitrogen and oxygen atoms in total. The molecule has 8 heteroatoms. The number of carbonyl (C=O) groups is 1. The Balaban J connectivity index is 1.67. The molecule has 2 rings (SSSR count). The number of halogens is 3. The second-order valence-corrected chi connectivity index (χ2v) is 4.81.